The van der Waals surface area contributed by atoms with Gasteiger partial charge in [0.15, 0.2) is 9.84 Å². The van der Waals surface area contributed by atoms with Gasteiger partial charge < -0.3 is 5.32 Å². The minimum Gasteiger partial charge on any atom is -0.380 e. The highest BCUT2D eigenvalue weighted by Crippen LogP contribution is 2.21. The van der Waals surface area contributed by atoms with Crippen LogP contribution < -0.4 is 5.32 Å². The fourth-order valence-electron chi connectivity index (χ4n) is 1.88. The lowest BCUT2D eigenvalue weighted by molar-refractivity contribution is 0.602. The van der Waals surface area contributed by atoms with Crippen LogP contribution in [-0.2, 0) is 16.4 Å². The van der Waals surface area contributed by atoms with E-state index in [-0.39, 0.29) is 10.7 Å². The van der Waals surface area contributed by atoms with E-state index in [1.165, 1.54) is 12.3 Å². The highest BCUT2D eigenvalue weighted by atomic mass is 32.2. The van der Waals surface area contributed by atoms with Crippen molar-refractivity contribution in [1.82, 2.24) is 0 Å². The van der Waals surface area contributed by atoms with E-state index in [0.29, 0.717) is 17.8 Å². The first-order valence-electron chi connectivity index (χ1n) is 6.16. The summed E-state index contributed by atoms with van der Waals surface area (Å²) in [5.41, 5.74) is 1.87. The van der Waals surface area contributed by atoms with Gasteiger partial charge in [0.05, 0.1) is 10.6 Å². The topological polar surface area (TPSA) is 46.2 Å². The summed E-state index contributed by atoms with van der Waals surface area (Å²) in [6.45, 7) is 2.06. The van der Waals surface area contributed by atoms with Gasteiger partial charge in [-0.05, 0) is 36.2 Å². The number of hydrogen-bond donors (Lipinski definition) is 1. The Morgan fingerprint density at radius 2 is 1.85 bits per heavy atom. The molecule has 0 heterocycles. The lowest BCUT2D eigenvalue weighted by Crippen LogP contribution is -2.06. The normalized spacial score (nSPS) is 11.3. The molecule has 0 saturated carbocycles. The monoisotopic (exact) mass is 293 g/mol. The smallest absolute Gasteiger partial charge is 0.177 e. The van der Waals surface area contributed by atoms with Crippen LogP contribution in [0.25, 0.3) is 0 Å². The molecule has 0 amide bonds. The standard InChI is InChI=1S/C15H16FNO2S/c1-11-7-8-12(9-13(11)16)10-17-14-5-3-4-6-15(14)20(2,18)19/h3-9,17H,10H2,1-2H3. The van der Waals surface area contributed by atoms with E-state index in [0.717, 1.165) is 5.56 Å². The number of benzene rings is 2. The Morgan fingerprint density at radius 3 is 2.50 bits per heavy atom. The second-order valence-corrected chi connectivity index (χ2v) is 6.69. The number of para-hydroxylation sites is 1. The Bertz CT molecular complexity index is 726. The summed E-state index contributed by atoms with van der Waals surface area (Å²) >= 11 is 0. The zero-order valence-corrected chi connectivity index (χ0v) is 12.2. The first-order chi connectivity index (χ1) is 9.38. The van der Waals surface area contributed by atoms with Gasteiger partial charge in [0.25, 0.3) is 0 Å². The second-order valence-electron chi connectivity index (χ2n) is 4.71. The van der Waals surface area contributed by atoms with Crippen LogP contribution in [0.3, 0.4) is 0 Å². The number of halogens is 1. The van der Waals surface area contributed by atoms with Gasteiger partial charge >= 0.3 is 0 Å². The Kier molecular flexibility index (Phi) is 4.09. The molecule has 20 heavy (non-hydrogen) atoms. The van der Waals surface area contributed by atoms with Gasteiger partial charge in [0.1, 0.15) is 5.82 Å². The van der Waals surface area contributed by atoms with Crippen LogP contribution in [0, 0.1) is 12.7 Å². The summed E-state index contributed by atoms with van der Waals surface area (Å²) in [4.78, 5) is 0.243. The molecule has 0 spiro atoms. The molecule has 0 aromatic heterocycles. The molecule has 0 saturated heterocycles. The van der Waals surface area contributed by atoms with Gasteiger partial charge in [-0.2, -0.15) is 0 Å². The van der Waals surface area contributed by atoms with Gasteiger partial charge in [-0.15, -0.1) is 0 Å². The number of sulfone groups is 1. The summed E-state index contributed by atoms with van der Waals surface area (Å²) < 4.78 is 36.8. The van der Waals surface area contributed by atoms with Gasteiger partial charge in [-0.1, -0.05) is 24.3 Å². The largest absolute Gasteiger partial charge is 0.380 e. The molecule has 0 bridgehead atoms. The molecular formula is C15H16FNO2S. The molecule has 0 fully saturated rings. The molecule has 0 radical (unpaired) electrons. The van der Waals surface area contributed by atoms with E-state index >= 15 is 0 Å². The average Bonchev–Trinajstić information content (AvgIpc) is 2.39. The van der Waals surface area contributed by atoms with Crippen molar-refractivity contribution in [2.45, 2.75) is 18.4 Å². The van der Waals surface area contributed by atoms with Crippen molar-refractivity contribution in [3.05, 3.63) is 59.4 Å². The van der Waals surface area contributed by atoms with Crippen LogP contribution in [0.5, 0.6) is 0 Å². The predicted octanol–water partition coefficient (Wildman–Crippen LogP) is 3.15. The second kappa shape index (κ2) is 5.63. The maximum Gasteiger partial charge on any atom is 0.177 e. The Morgan fingerprint density at radius 1 is 1.15 bits per heavy atom. The first kappa shape index (κ1) is 14.5. The third kappa shape index (κ3) is 3.36. The van der Waals surface area contributed by atoms with E-state index < -0.39 is 9.84 Å². The number of anilines is 1. The van der Waals surface area contributed by atoms with Crippen molar-refractivity contribution in [3.8, 4) is 0 Å². The maximum atomic E-state index is 13.4. The molecule has 2 aromatic carbocycles. The summed E-state index contributed by atoms with van der Waals surface area (Å²) in [7, 11) is -3.29. The fraction of sp³-hybridized carbons (Fsp3) is 0.200. The maximum absolute atomic E-state index is 13.4. The zero-order valence-electron chi connectivity index (χ0n) is 11.4. The average molecular weight is 293 g/mol. The molecular weight excluding hydrogens is 277 g/mol. The molecule has 0 aliphatic heterocycles. The van der Waals surface area contributed by atoms with Gasteiger partial charge in [0.2, 0.25) is 0 Å². The number of aryl methyl sites for hydroxylation is 1. The van der Waals surface area contributed by atoms with Crippen LogP contribution >= 0.6 is 0 Å². The molecule has 2 rings (SSSR count). The summed E-state index contributed by atoms with van der Waals surface area (Å²) in [6, 6.07) is 11.6. The van der Waals surface area contributed by atoms with E-state index in [9.17, 15) is 12.8 Å². The molecule has 3 nitrogen and oxygen atoms in total. The molecule has 0 aliphatic rings. The van der Waals surface area contributed by atoms with Crippen LogP contribution in [0.15, 0.2) is 47.4 Å². The van der Waals surface area contributed by atoms with Crippen LogP contribution in [0.1, 0.15) is 11.1 Å². The number of rotatable bonds is 4. The van der Waals surface area contributed by atoms with Crippen LogP contribution in [0.2, 0.25) is 0 Å². The zero-order chi connectivity index (χ0) is 14.8. The lowest BCUT2D eigenvalue weighted by Gasteiger charge is -2.11. The van der Waals surface area contributed by atoms with Gasteiger partial charge in [-0.25, -0.2) is 12.8 Å². The summed E-state index contributed by atoms with van der Waals surface area (Å²) in [5.74, 6) is -0.263. The van der Waals surface area contributed by atoms with Crippen molar-refractivity contribution in [2.24, 2.45) is 0 Å². The SMILES string of the molecule is Cc1ccc(CNc2ccccc2S(C)(=O)=O)cc1F. The van der Waals surface area contributed by atoms with Gasteiger partial charge in [-0.3, -0.25) is 0 Å². The molecule has 2 aromatic rings. The summed E-state index contributed by atoms with van der Waals surface area (Å²) in [6.07, 6.45) is 1.17. The Balaban J connectivity index is 2.21. The van der Waals surface area contributed by atoms with Crippen LogP contribution in [0.4, 0.5) is 10.1 Å². The van der Waals surface area contributed by atoms with E-state index in [1.807, 2.05) is 6.07 Å². The van der Waals surface area contributed by atoms with Crippen molar-refractivity contribution in [2.75, 3.05) is 11.6 Å². The van der Waals surface area contributed by atoms with E-state index in [1.54, 1.807) is 37.3 Å². The molecule has 0 atom stereocenters. The third-order valence-corrected chi connectivity index (χ3v) is 4.16. The predicted molar refractivity (Wildman–Crippen MR) is 78.0 cm³/mol. The molecule has 0 unspecified atom stereocenters. The minimum atomic E-state index is -3.29. The van der Waals surface area contributed by atoms with Gasteiger partial charge in [0, 0.05) is 12.8 Å². The van der Waals surface area contributed by atoms with Crippen molar-refractivity contribution < 1.29 is 12.8 Å². The highest BCUT2D eigenvalue weighted by Gasteiger charge is 2.12. The van der Waals surface area contributed by atoms with Crippen molar-refractivity contribution >= 4 is 15.5 Å². The molecule has 1 N–H and O–H groups in total. The Hall–Kier alpha value is -1.88. The third-order valence-electron chi connectivity index (χ3n) is 3.01. The van der Waals surface area contributed by atoms with Crippen molar-refractivity contribution in [3.63, 3.8) is 0 Å². The number of nitrogens with one attached hydrogen (secondary N) is 1. The lowest BCUT2D eigenvalue weighted by atomic mass is 10.1. The molecule has 0 aliphatic carbocycles. The first-order valence-corrected chi connectivity index (χ1v) is 8.05. The summed E-state index contributed by atoms with van der Waals surface area (Å²) in [5, 5.41) is 3.04. The van der Waals surface area contributed by atoms with Crippen molar-refractivity contribution in [1.29, 1.82) is 0 Å². The molecule has 5 heteroatoms. The minimum absolute atomic E-state index is 0.243. The fourth-order valence-corrected chi connectivity index (χ4v) is 2.75. The quantitative estimate of drug-likeness (QED) is 0.942. The highest BCUT2D eigenvalue weighted by molar-refractivity contribution is 7.90. The molecule has 106 valence electrons. The van der Waals surface area contributed by atoms with Crippen LogP contribution in [-0.4, -0.2) is 14.7 Å². The number of hydrogen-bond acceptors (Lipinski definition) is 3. The van der Waals surface area contributed by atoms with E-state index in [2.05, 4.69) is 5.32 Å². The Labute approximate surface area is 118 Å². The van der Waals surface area contributed by atoms with E-state index in [4.69, 9.17) is 0 Å².